The molecule has 1 aromatic heterocycles. The highest BCUT2D eigenvalue weighted by atomic mass is 79.9. The predicted octanol–water partition coefficient (Wildman–Crippen LogP) is 2.34. The van der Waals surface area contributed by atoms with Crippen molar-refractivity contribution in [3.63, 3.8) is 0 Å². The quantitative estimate of drug-likeness (QED) is 0.708. The Morgan fingerprint density at radius 2 is 1.90 bits per heavy atom. The second kappa shape index (κ2) is 5.36. The van der Waals surface area contributed by atoms with Crippen molar-refractivity contribution < 1.29 is 18.3 Å². The molecule has 0 fully saturated rings. The molecule has 0 amide bonds. The van der Waals surface area contributed by atoms with Crippen LogP contribution < -0.4 is 5.46 Å². The maximum absolute atomic E-state index is 9.67. The van der Waals surface area contributed by atoms with Crippen LogP contribution in [0, 0.1) is 0 Å². The largest absolute Gasteiger partial charge is 0.489 e. The summed E-state index contributed by atoms with van der Waals surface area (Å²) in [5.41, 5.74) is 0.172. The van der Waals surface area contributed by atoms with Gasteiger partial charge >= 0.3 is 7.12 Å². The van der Waals surface area contributed by atoms with E-state index in [0.29, 0.717) is 4.47 Å². The van der Waals surface area contributed by atoms with Crippen molar-refractivity contribution in [2.24, 2.45) is 0 Å². The monoisotopic (exact) mass is 333 g/mol. The minimum Gasteiger partial charge on any atom is -0.423 e. The van der Waals surface area contributed by atoms with E-state index in [9.17, 15) is 10.0 Å². The molecule has 0 spiro atoms. The topological polar surface area (TPSA) is 53.4 Å². The third-order valence-electron chi connectivity index (χ3n) is 2.82. The van der Waals surface area contributed by atoms with Gasteiger partial charge < -0.3 is 10.0 Å². The number of benzene rings is 2. The lowest BCUT2D eigenvalue weighted by Crippen LogP contribution is -2.31. The lowest BCUT2D eigenvalue weighted by atomic mass is 9.75. The van der Waals surface area contributed by atoms with Gasteiger partial charge in [-0.2, -0.15) is 0 Å². The molecule has 0 aliphatic heterocycles. The van der Waals surface area contributed by atoms with Gasteiger partial charge in [0, 0.05) is 21.6 Å². The van der Waals surface area contributed by atoms with Gasteiger partial charge in [0.25, 0.3) is 0 Å². The lowest BCUT2D eigenvalue weighted by molar-refractivity contribution is 0.426. The number of pyridine rings is 1. The number of nitrogens with zero attached hydrogens (tertiary/aromatic N) is 1. The van der Waals surface area contributed by atoms with Crippen LogP contribution in [0.2, 0.25) is 0 Å². The summed E-state index contributed by atoms with van der Waals surface area (Å²) in [6, 6.07) is 2.31. The summed E-state index contributed by atoms with van der Waals surface area (Å²) in [7, 11) is -1.86. The second-order valence-electron chi connectivity index (χ2n) is 4.05. The van der Waals surface area contributed by atoms with Gasteiger partial charge in [0.1, 0.15) is 0 Å². The number of hydrogen-bond donors (Lipinski definition) is 2. The van der Waals surface area contributed by atoms with Gasteiger partial charge in [-0.05, 0) is 29.2 Å². The summed E-state index contributed by atoms with van der Waals surface area (Å²) in [4.78, 5) is 3.96. The smallest absolute Gasteiger partial charge is 0.423 e. The zero-order valence-corrected chi connectivity index (χ0v) is 11.6. The number of fused-ring (bicyclic) bond motifs is 1. The van der Waals surface area contributed by atoms with Gasteiger partial charge in [-0.1, -0.05) is 46.2 Å². The molecule has 5 heteroatoms. The molecule has 0 atom stereocenters. The summed E-state index contributed by atoms with van der Waals surface area (Å²) in [6.45, 7) is 0. The van der Waals surface area contributed by atoms with E-state index in [-0.39, 0.29) is 33.5 Å². The van der Waals surface area contributed by atoms with Crippen LogP contribution in [0.3, 0.4) is 0 Å². The minimum absolute atomic E-state index is 0.00685. The molecule has 98 valence electrons. The van der Waals surface area contributed by atoms with Crippen LogP contribution in [-0.4, -0.2) is 22.2 Å². The molecule has 0 bridgehead atoms. The van der Waals surface area contributed by atoms with Gasteiger partial charge in [-0.3, -0.25) is 4.98 Å². The Labute approximate surface area is 133 Å². The average molecular weight is 334 g/mol. The fourth-order valence-electron chi connectivity index (χ4n) is 1.94. The zero-order chi connectivity index (χ0) is 19.3. The van der Waals surface area contributed by atoms with Crippen LogP contribution in [0.1, 0.15) is 8.22 Å². The molecule has 3 rings (SSSR count). The van der Waals surface area contributed by atoms with Crippen LogP contribution in [-0.2, 0) is 0 Å². The minimum atomic E-state index is -1.86. The zero-order valence-electron chi connectivity index (χ0n) is 16.0. The van der Waals surface area contributed by atoms with Gasteiger partial charge in [-0.25, -0.2) is 0 Å². The van der Waals surface area contributed by atoms with Crippen molar-refractivity contribution >= 4 is 39.4 Å². The Morgan fingerprint density at radius 3 is 2.70 bits per heavy atom. The van der Waals surface area contributed by atoms with Crippen LogP contribution in [0.25, 0.3) is 22.0 Å². The van der Waals surface area contributed by atoms with Gasteiger partial charge in [0.05, 0.1) is 13.7 Å². The molecule has 0 aliphatic carbocycles. The molecule has 20 heavy (non-hydrogen) atoms. The van der Waals surface area contributed by atoms with E-state index in [1.54, 1.807) is 6.07 Å². The van der Waals surface area contributed by atoms with Crippen molar-refractivity contribution in [3.05, 3.63) is 59.1 Å². The molecule has 0 unspecified atom stereocenters. The SMILES string of the molecule is [2H]c1nc2c(-c3cc(Br)ccc3B(O)O)c([2H])c([2H])c([2H])c2c([2H])c1[2H]. The molecular formula is C15H11BBrNO2. The number of aromatic nitrogens is 1. The average Bonchev–Trinajstić information content (AvgIpc) is 2.57. The highest BCUT2D eigenvalue weighted by Gasteiger charge is 2.18. The number of rotatable bonds is 2. The summed E-state index contributed by atoms with van der Waals surface area (Å²) in [5.74, 6) is 0. The Kier molecular flexibility index (Phi) is 2.13. The maximum atomic E-state index is 9.67. The first-order chi connectivity index (χ1) is 12.1. The van der Waals surface area contributed by atoms with Crippen LogP contribution in [0.5, 0.6) is 0 Å². The number of halogens is 1. The van der Waals surface area contributed by atoms with Crippen LogP contribution in [0.15, 0.2) is 59.1 Å². The van der Waals surface area contributed by atoms with E-state index in [4.69, 9.17) is 8.22 Å². The molecule has 0 saturated carbocycles. The molecule has 2 aromatic carbocycles. The normalized spacial score (nSPS) is 14.9. The second-order valence-corrected chi connectivity index (χ2v) is 4.97. The van der Waals surface area contributed by atoms with Crippen molar-refractivity contribution in [2.45, 2.75) is 0 Å². The fourth-order valence-corrected chi connectivity index (χ4v) is 2.30. The third kappa shape index (κ3) is 2.35. The predicted molar refractivity (Wildman–Crippen MR) is 84.7 cm³/mol. The molecule has 0 saturated heterocycles. The van der Waals surface area contributed by atoms with Gasteiger partial charge in [0.15, 0.2) is 0 Å². The third-order valence-corrected chi connectivity index (χ3v) is 3.32. The Bertz CT molecular complexity index is 1050. The molecule has 0 aliphatic rings. The Balaban J connectivity index is 2.59. The number of hydrogen-bond acceptors (Lipinski definition) is 3. The van der Waals surface area contributed by atoms with Gasteiger partial charge in [0.2, 0.25) is 0 Å². The van der Waals surface area contributed by atoms with E-state index < -0.39 is 37.5 Å². The maximum Gasteiger partial charge on any atom is 0.489 e. The first-order valence-corrected chi connectivity index (χ1v) is 6.47. The van der Waals surface area contributed by atoms with Crippen molar-refractivity contribution in [2.75, 3.05) is 0 Å². The molecule has 1 heterocycles. The highest BCUT2D eigenvalue weighted by Crippen LogP contribution is 2.27. The Hall–Kier alpha value is -1.69. The summed E-state index contributed by atoms with van der Waals surface area (Å²) < 4.78 is 48.5. The number of para-hydroxylation sites is 1. The van der Waals surface area contributed by atoms with E-state index in [0.717, 1.165) is 0 Å². The van der Waals surface area contributed by atoms with Crippen LogP contribution >= 0.6 is 15.9 Å². The first kappa shape index (κ1) is 7.93. The van der Waals surface area contributed by atoms with Gasteiger partial charge in [-0.15, -0.1) is 0 Å². The van der Waals surface area contributed by atoms with Crippen molar-refractivity contribution in [1.29, 1.82) is 0 Å². The molecular weight excluding hydrogens is 317 g/mol. The molecule has 3 nitrogen and oxygen atoms in total. The highest BCUT2D eigenvalue weighted by molar-refractivity contribution is 9.10. The fraction of sp³-hybridized carbons (Fsp3) is 0. The standard InChI is InChI=1S/C15H11BBrNO2/c17-11-6-7-14(16(19)20)13(9-11)12-5-1-3-10-4-2-8-18-15(10)12/h1-9,19-20H/i1D,2D,3D,4D,5D,8D. The summed E-state index contributed by atoms with van der Waals surface area (Å²) >= 11 is 3.27. The summed E-state index contributed by atoms with van der Waals surface area (Å²) in [5, 5.41) is 19.2. The summed E-state index contributed by atoms with van der Waals surface area (Å²) in [6.07, 6.45) is -0.499. The van der Waals surface area contributed by atoms with Crippen LogP contribution in [0.4, 0.5) is 0 Å². The molecule has 2 N–H and O–H groups in total. The van der Waals surface area contributed by atoms with E-state index in [1.807, 2.05) is 0 Å². The van der Waals surface area contributed by atoms with E-state index >= 15 is 0 Å². The van der Waals surface area contributed by atoms with Crippen molar-refractivity contribution in [1.82, 2.24) is 4.98 Å². The van der Waals surface area contributed by atoms with E-state index in [2.05, 4.69) is 20.9 Å². The lowest BCUT2D eigenvalue weighted by Gasteiger charge is -2.11. The molecule has 3 aromatic rings. The van der Waals surface area contributed by atoms with Crippen molar-refractivity contribution in [3.8, 4) is 11.1 Å². The first-order valence-electron chi connectivity index (χ1n) is 8.68. The van der Waals surface area contributed by atoms with E-state index in [1.165, 1.54) is 12.1 Å². The molecule has 0 radical (unpaired) electrons. The Morgan fingerprint density at radius 1 is 1.10 bits per heavy atom.